The fraction of sp³-hybridized carbons (Fsp3) is 1.00. The smallest absolute Gasteiger partial charge is 0.0804 e. The Morgan fingerprint density at radius 3 is 1.76 bits per heavy atom. The zero-order valence-corrected chi connectivity index (χ0v) is 14.2. The van der Waals surface area contributed by atoms with Crippen molar-refractivity contribution in [1.29, 1.82) is 0 Å². The van der Waals surface area contributed by atoms with E-state index in [0.717, 1.165) is 17.4 Å². The maximum atomic E-state index is 8.81. The molecule has 0 amide bonds. The molecule has 0 unspecified atom stereocenters. The number of unbranched alkanes of at least 4 members (excludes halogenated alkanes) is 6. The Hall–Kier alpha value is 0.650. The molecule has 0 fully saturated rings. The molecule has 0 aliphatic rings. The van der Waals surface area contributed by atoms with Crippen LogP contribution in [0.15, 0.2) is 0 Å². The maximum Gasteiger partial charge on any atom is 0.0804 e. The molecule has 0 saturated heterocycles. The van der Waals surface area contributed by atoms with Crippen LogP contribution in [0.4, 0.5) is 0 Å². The Balaban J connectivity index is 0. The lowest BCUT2D eigenvalue weighted by atomic mass is 10.1. The van der Waals surface area contributed by atoms with Gasteiger partial charge in [0.25, 0.3) is 0 Å². The van der Waals surface area contributed by atoms with Crippen LogP contribution >= 0.6 is 0 Å². The molecule has 0 aliphatic heterocycles. The van der Waals surface area contributed by atoms with Gasteiger partial charge in [-0.15, -0.1) is 0 Å². The highest BCUT2D eigenvalue weighted by Gasteiger charge is 2.12. The first kappa shape index (κ1) is 20.0. The molecule has 2 nitrogen and oxygen atoms in total. The van der Waals surface area contributed by atoms with Gasteiger partial charge in [0.05, 0.1) is 27.2 Å². The van der Waals surface area contributed by atoms with E-state index in [4.69, 9.17) is 5.11 Å². The van der Waals surface area contributed by atoms with Crippen molar-refractivity contribution in [3.05, 3.63) is 0 Å². The van der Waals surface area contributed by atoms with Gasteiger partial charge in [-0.3, -0.25) is 0 Å². The van der Waals surface area contributed by atoms with Crippen molar-refractivity contribution in [2.45, 2.75) is 58.3 Å². The van der Waals surface area contributed by atoms with E-state index in [1.807, 2.05) is 0 Å². The van der Waals surface area contributed by atoms with Crippen LogP contribution in [0.1, 0.15) is 58.3 Å². The van der Waals surface area contributed by atoms with Crippen molar-refractivity contribution in [1.82, 2.24) is 0 Å². The van der Waals surface area contributed by atoms with Gasteiger partial charge in [-0.25, -0.2) is 0 Å². The zero-order chi connectivity index (χ0) is 12.3. The molecule has 0 aromatic carbocycles. The molecular formula is C14H32INO. The number of aliphatic hydroxyl groups is 1. The summed E-state index contributed by atoms with van der Waals surface area (Å²) in [6.07, 6.45) is 10.6. The van der Waals surface area contributed by atoms with Crippen LogP contribution in [0.3, 0.4) is 0 Å². The molecule has 0 aromatic heterocycles. The fourth-order valence-electron chi connectivity index (χ4n) is 2.11. The van der Waals surface area contributed by atoms with E-state index in [0.29, 0.717) is 6.61 Å². The highest BCUT2D eigenvalue weighted by Crippen LogP contribution is 2.09. The molecule has 0 rings (SSSR count). The lowest BCUT2D eigenvalue weighted by Crippen LogP contribution is -3.00. The number of aliphatic hydroxyl groups excluding tert-OH is 1. The Morgan fingerprint density at radius 1 is 0.765 bits per heavy atom. The van der Waals surface area contributed by atoms with Crippen molar-refractivity contribution in [2.24, 2.45) is 0 Å². The van der Waals surface area contributed by atoms with Crippen LogP contribution in [-0.2, 0) is 0 Å². The summed E-state index contributed by atoms with van der Waals surface area (Å²) < 4.78 is 1.06. The molecule has 0 radical (unpaired) electrons. The molecule has 17 heavy (non-hydrogen) atoms. The average Bonchev–Trinajstić information content (AvgIpc) is 2.25. The Kier molecular flexibility index (Phi) is 15.4. The topological polar surface area (TPSA) is 20.2 Å². The number of quaternary nitrogens is 1. The second-order valence-electron chi connectivity index (χ2n) is 5.58. The molecule has 3 heteroatoms. The standard InChI is InChI=1S/C14H32NO.HI/c1-4-5-6-7-8-9-10-12-15(2,3)13-11-14-16;/h16H,4-14H2,1-3H3;1H/q+1;/p-1. The van der Waals surface area contributed by atoms with Gasteiger partial charge in [0.1, 0.15) is 0 Å². The minimum Gasteiger partial charge on any atom is -1.00 e. The molecule has 0 bridgehead atoms. The van der Waals surface area contributed by atoms with Gasteiger partial charge in [0.15, 0.2) is 0 Å². The van der Waals surface area contributed by atoms with Gasteiger partial charge in [-0.2, -0.15) is 0 Å². The summed E-state index contributed by atoms with van der Waals surface area (Å²) >= 11 is 0. The van der Waals surface area contributed by atoms with Crippen molar-refractivity contribution >= 4 is 0 Å². The van der Waals surface area contributed by atoms with Crippen molar-refractivity contribution < 1.29 is 33.6 Å². The Morgan fingerprint density at radius 2 is 1.24 bits per heavy atom. The highest BCUT2D eigenvalue weighted by molar-refractivity contribution is 4.45. The van der Waals surface area contributed by atoms with Crippen LogP contribution in [0, 0.1) is 0 Å². The van der Waals surface area contributed by atoms with E-state index in [1.54, 1.807) is 0 Å². The molecule has 0 atom stereocenters. The highest BCUT2D eigenvalue weighted by atomic mass is 127. The van der Waals surface area contributed by atoms with Crippen LogP contribution in [0.25, 0.3) is 0 Å². The Labute approximate surface area is 125 Å². The lowest BCUT2D eigenvalue weighted by Gasteiger charge is -2.29. The molecule has 0 aromatic rings. The summed E-state index contributed by atoms with van der Waals surface area (Å²) in [6.45, 7) is 4.96. The zero-order valence-electron chi connectivity index (χ0n) is 12.1. The van der Waals surface area contributed by atoms with E-state index in [-0.39, 0.29) is 24.0 Å². The average molecular weight is 357 g/mol. The molecular weight excluding hydrogens is 325 g/mol. The van der Waals surface area contributed by atoms with Gasteiger partial charge in [0, 0.05) is 13.0 Å². The van der Waals surface area contributed by atoms with E-state index < -0.39 is 0 Å². The van der Waals surface area contributed by atoms with Gasteiger partial charge in [-0.1, -0.05) is 39.0 Å². The van der Waals surface area contributed by atoms with Crippen molar-refractivity contribution in [3.8, 4) is 0 Å². The summed E-state index contributed by atoms with van der Waals surface area (Å²) in [5.74, 6) is 0. The van der Waals surface area contributed by atoms with Crippen LogP contribution in [0.2, 0.25) is 0 Å². The summed E-state index contributed by atoms with van der Waals surface area (Å²) in [7, 11) is 4.54. The molecule has 0 heterocycles. The molecule has 106 valence electrons. The third-order valence-electron chi connectivity index (χ3n) is 3.29. The molecule has 0 saturated carbocycles. The predicted octanol–water partition coefficient (Wildman–Crippen LogP) is 0.200. The predicted molar refractivity (Wildman–Crippen MR) is 71.5 cm³/mol. The third kappa shape index (κ3) is 14.6. The first-order chi connectivity index (χ1) is 7.62. The van der Waals surface area contributed by atoms with E-state index in [2.05, 4.69) is 21.0 Å². The fourth-order valence-corrected chi connectivity index (χ4v) is 2.11. The normalized spacial score (nSPS) is 11.3. The SMILES string of the molecule is CCCCCCCCC[N+](C)(C)CCCO.[I-]. The number of rotatable bonds is 11. The van der Waals surface area contributed by atoms with Gasteiger partial charge in [-0.05, 0) is 12.8 Å². The summed E-state index contributed by atoms with van der Waals surface area (Å²) in [5, 5.41) is 8.81. The summed E-state index contributed by atoms with van der Waals surface area (Å²) in [5.41, 5.74) is 0. The Bertz CT molecular complexity index is 151. The first-order valence-electron chi connectivity index (χ1n) is 7.05. The lowest BCUT2D eigenvalue weighted by molar-refractivity contribution is -0.890. The number of nitrogens with zero attached hydrogens (tertiary/aromatic N) is 1. The van der Waals surface area contributed by atoms with Crippen LogP contribution in [0.5, 0.6) is 0 Å². The second kappa shape index (κ2) is 13.1. The van der Waals surface area contributed by atoms with Crippen molar-refractivity contribution in [3.63, 3.8) is 0 Å². The van der Waals surface area contributed by atoms with Crippen LogP contribution < -0.4 is 24.0 Å². The molecule has 0 spiro atoms. The minimum absolute atomic E-state index is 0. The van der Waals surface area contributed by atoms with Gasteiger partial charge in [0.2, 0.25) is 0 Å². The quantitative estimate of drug-likeness (QED) is 0.318. The van der Waals surface area contributed by atoms with Gasteiger partial charge < -0.3 is 33.6 Å². The van der Waals surface area contributed by atoms with E-state index in [1.165, 1.54) is 51.5 Å². The minimum atomic E-state index is 0. The number of hydrogen-bond donors (Lipinski definition) is 1. The molecule has 0 aliphatic carbocycles. The summed E-state index contributed by atoms with van der Waals surface area (Å²) in [4.78, 5) is 0. The first-order valence-corrected chi connectivity index (χ1v) is 7.05. The van der Waals surface area contributed by atoms with Gasteiger partial charge >= 0.3 is 0 Å². The van der Waals surface area contributed by atoms with Crippen molar-refractivity contribution in [2.75, 3.05) is 33.8 Å². The molecule has 1 N–H and O–H groups in total. The van der Waals surface area contributed by atoms with E-state index >= 15 is 0 Å². The summed E-state index contributed by atoms with van der Waals surface area (Å²) in [6, 6.07) is 0. The van der Waals surface area contributed by atoms with Crippen LogP contribution in [-0.4, -0.2) is 43.4 Å². The third-order valence-corrected chi connectivity index (χ3v) is 3.29. The van der Waals surface area contributed by atoms with E-state index in [9.17, 15) is 0 Å². The largest absolute Gasteiger partial charge is 1.00 e. The monoisotopic (exact) mass is 357 g/mol. The number of hydrogen-bond acceptors (Lipinski definition) is 1. The maximum absolute atomic E-state index is 8.81. The number of halogens is 1. The second-order valence-corrected chi connectivity index (χ2v) is 5.58.